The van der Waals surface area contributed by atoms with Crippen molar-refractivity contribution < 1.29 is 18.9 Å². The lowest BCUT2D eigenvalue weighted by Gasteiger charge is -2.31. The standard InChI is InChI=1S/C15H32O2.2C5H12O/c1-5-9-11-16-13-15(7-3,8-4)14-17-12-10-6-2;2*1-3-4-5-6-2/h5-14H2,1-4H3;2*3-5H2,1-2H3. The molecular formula is C25H56O4. The van der Waals surface area contributed by atoms with Crippen LogP contribution in [0.1, 0.15) is 106 Å². The highest BCUT2D eigenvalue weighted by Crippen LogP contribution is 2.27. The van der Waals surface area contributed by atoms with Crippen LogP contribution in [-0.2, 0) is 18.9 Å². The summed E-state index contributed by atoms with van der Waals surface area (Å²) in [6.45, 7) is 18.5. The molecule has 0 spiro atoms. The Bertz CT molecular complexity index is 225. The van der Waals surface area contributed by atoms with Crippen molar-refractivity contribution in [2.75, 3.05) is 53.9 Å². The molecule has 0 rings (SSSR count). The van der Waals surface area contributed by atoms with Crippen molar-refractivity contribution in [3.05, 3.63) is 0 Å². The number of unbranched alkanes of at least 4 members (excludes halogenated alkanes) is 4. The van der Waals surface area contributed by atoms with Gasteiger partial charge in [0.25, 0.3) is 0 Å². The summed E-state index contributed by atoms with van der Waals surface area (Å²) >= 11 is 0. The first-order chi connectivity index (χ1) is 14.1. The molecule has 0 aliphatic rings. The Morgan fingerprint density at radius 2 is 0.793 bits per heavy atom. The van der Waals surface area contributed by atoms with Crippen molar-refractivity contribution in [3.8, 4) is 0 Å². The third-order valence-electron chi connectivity index (χ3n) is 5.00. The zero-order chi connectivity index (χ0) is 22.6. The number of rotatable bonds is 18. The van der Waals surface area contributed by atoms with Crippen molar-refractivity contribution in [1.29, 1.82) is 0 Å². The molecule has 0 atom stereocenters. The van der Waals surface area contributed by atoms with Crippen LogP contribution in [0.3, 0.4) is 0 Å². The van der Waals surface area contributed by atoms with Crippen molar-refractivity contribution >= 4 is 0 Å². The first kappa shape index (κ1) is 33.5. The van der Waals surface area contributed by atoms with Gasteiger partial charge in [0, 0.05) is 46.1 Å². The molecule has 0 aliphatic heterocycles. The molecular weight excluding hydrogens is 364 g/mol. The van der Waals surface area contributed by atoms with Gasteiger partial charge < -0.3 is 18.9 Å². The van der Waals surface area contributed by atoms with Crippen molar-refractivity contribution in [3.63, 3.8) is 0 Å². The van der Waals surface area contributed by atoms with E-state index in [1.54, 1.807) is 14.2 Å². The molecule has 0 heterocycles. The highest BCUT2D eigenvalue weighted by atomic mass is 16.5. The molecule has 29 heavy (non-hydrogen) atoms. The number of methoxy groups -OCH3 is 2. The van der Waals surface area contributed by atoms with E-state index in [-0.39, 0.29) is 5.41 Å². The van der Waals surface area contributed by atoms with E-state index in [9.17, 15) is 0 Å². The normalized spacial score (nSPS) is 10.8. The van der Waals surface area contributed by atoms with Gasteiger partial charge in [0.2, 0.25) is 0 Å². The molecule has 0 aromatic rings. The van der Waals surface area contributed by atoms with Crippen LogP contribution in [0.25, 0.3) is 0 Å². The number of ether oxygens (including phenoxy) is 4. The topological polar surface area (TPSA) is 36.9 Å². The van der Waals surface area contributed by atoms with E-state index in [0.717, 1.165) is 52.5 Å². The van der Waals surface area contributed by atoms with E-state index in [0.29, 0.717) is 0 Å². The summed E-state index contributed by atoms with van der Waals surface area (Å²) in [5.41, 5.74) is 0.238. The predicted octanol–water partition coefficient (Wildman–Crippen LogP) is 7.29. The Kier molecular flexibility index (Phi) is 34.7. The van der Waals surface area contributed by atoms with E-state index >= 15 is 0 Å². The van der Waals surface area contributed by atoms with E-state index in [2.05, 4.69) is 41.5 Å². The van der Waals surface area contributed by atoms with E-state index in [1.807, 2.05) is 0 Å². The minimum atomic E-state index is 0.238. The highest BCUT2D eigenvalue weighted by Gasteiger charge is 2.26. The monoisotopic (exact) mass is 420 g/mol. The van der Waals surface area contributed by atoms with Gasteiger partial charge in [0.15, 0.2) is 0 Å². The largest absolute Gasteiger partial charge is 0.385 e. The molecule has 0 fully saturated rings. The third kappa shape index (κ3) is 27.8. The molecule has 0 bridgehead atoms. The summed E-state index contributed by atoms with van der Waals surface area (Å²) in [6, 6.07) is 0. The molecule has 0 aromatic carbocycles. The van der Waals surface area contributed by atoms with Crippen LogP contribution >= 0.6 is 0 Å². The SMILES string of the molecule is CCCCOC.CCCCOC.CCCCOCC(CC)(CC)COCCCC. The van der Waals surface area contributed by atoms with Gasteiger partial charge >= 0.3 is 0 Å². The fraction of sp³-hybridized carbons (Fsp3) is 1.00. The van der Waals surface area contributed by atoms with Crippen LogP contribution < -0.4 is 0 Å². The Morgan fingerprint density at radius 3 is 1.00 bits per heavy atom. The minimum Gasteiger partial charge on any atom is -0.385 e. The molecule has 0 saturated heterocycles. The van der Waals surface area contributed by atoms with Crippen molar-refractivity contribution in [2.45, 2.75) is 106 Å². The van der Waals surface area contributed by atoms with Gasteiger partial charge in [-0.2, -0.15) is 0 Å². The lowest BCUT2D eigenvalue weighted by molar-refractivity contribution is -0.0283. The molecule has 0 unspecified atom stereocenters. The molecule has 0 saturated carbocycles. The fourth-order valence-corrected chi connectivity index (χ4v) is 2.35. The van der Waals surface area contributed by atoms with Crippen LogP contribution in [0.5, 0.6) is 0 Å². The Hall–Kier alpha value is -0.160. The summed E-state index contributed by atoms with van der Waals surface area (Å²) in [5.74, 6) is 0. The summed E-state index contributed by atoms with van der Waals surface area (Å²) in [4.78, 5) is 0. The second kappa shape index (κ2) is 30.0. The van der Waals surface area contributed by atoms with Crippen LogP contribution in [0.15, 0.2) is 0 Å². The molecule has 0 radical (unpaired) electrons. The van der Waals surface area contributed by atoms with Crippen LogP contribution in [0.4, 0.5) is 0 Å². The van der Waals surface area contributed by atoms with Gasteiger partial charge in [-0.05, 0) is 38.5 Å². The molecule has 0 N–H and O–H groups in total. The smallest absolute Gasteiger partial charge is 0.0544 e. The highest BCUT2D eigenvalue weighted by molar-refractivity contribution is 4.76. The molecule has 4 heteroatoms. The van der Waals surface area contributed by atoms with Gasteiger partial charge in [-0.25, -0.2) is 0 Å². The van der Waals surface area contributed by atoms with Crippen LogP contribution in [0, 0.1) is 5.41 Å². The zero-order valence-corrected chi connectivity index (χ0v) is 21.4. The van der Waals surface area contributed by atoms with Gasteiger partial charge in [-0.1, -0.05) is 67.2 Å². The van der Waals surface area contributed by atoms with Gasteiger partial charge in [0.1, 0.15) is 0 Å². The molecule has 4 nitrogen and oxygen atoms in total. The summed E-state index contributed by atoms with van der Waals surface area (Å²) in [6.07, 6.45) is 11.9. The van der Waals surface area contributed by atoms with Crippen LogP contribution in [-0.4, -0.2) is 53.9 Å². The number of hydrogen-bond donors (Lipinski definition) is 0. The summed E-state index contributed by atoms with van der Waals surface area (Å²) < 4.78 is 21.2. The first-order valence-electron chi connectivity index (χ1n) is 12.2. The summed E-state index contributed by atoms with van der Waals surface area (Å²) in [7, 11) is 3.46. The minimum absolute atomic E-state index is 0.238. The Morgan fingerprint density at radius 1 is 0.483 bits per heavy atom. The number of hydrogen-bond acceptors (Lipinski definition) is 4. The molecule has 0 aromatic heterocycles. The fourth-order valence-electron chi connectivity index (χ4n) is 2.35. The maximum absolute atomic E-state index is 5.80. The average Bonchev–Trinajstić information content (AvgIpc) is 2.76. The zero-order valence-electron chi connectivity index (χ0n) is 21.4. The molecule has 0 amide bonds. The molecule has 0 aliphatic carbocycles. The third-order valence-corrected chi connectivity index (χ3v) is 5.00. The predicted molar refractivity (Wildman–Crippen MR) is 128 cm³/mol. The Labute approximate surface area is 184 Å². The quantitative estimate of drug-likeness (QED) is 0.218. The van der Waals surface area contributed by atoms with E-state index < -0.39 is 0 Å². The Balaban J connectivity index is -0.000000460. The lowest BCUT2D eigenvalue weighted by atomic mass is 9.84. The first-order valence-corrected chi connectivity index (χ1v) is 12.2. The van der Waals surface area contributed by atoms with E-state index in [4.69, 9.17) is 18.9 Å². The van der Waals surface area contributed by atoms with Crippen LogP contribution in [0.2, 0.25) is 0 Å². The van der Waals surface area contributed by atoms with E-state index in [1.165, 1.54) is 51.4 Å². The van der Waals surface area contributed by atoms with Gasteiger partial charge in [0.05, 0.1) is 13.2 Å². The maximum Gasteiger partial charge on any atom is 0.0544 e. The second-order valence-electron chi connectivity index (χ2n) is 7.71. The molecule has 180 valence electrons. The van der Waals surface area contributed by atoms with Gasteiger partial charge in [-0.3, -0.25) is 0 Å². The van der Waals surface area contributed by atoms with Crippen molar-refractivity contribution in [1.82, 2.24) is 0 Å². The maximum atomic E-state index is 5.80. The lowest BCUT2D eigenvalue weighted by Crippen LogP contribution is -2.31. The van der Waals surface area contributed by atoms with Gasteiger partial charge in [-0.15, -0.1) is 0 Å². The second-order valence-corrected chi connectivity index (χ2v) is 7.71. The summed E-state index contributed by atoms with van der Waals surface area (Å²) in [5, 5.41) is 0. The average molecular weight is 421 g/mol. The van der Waals surface area contributed by atoms with Crippen molar-refractivity contribution in [2.24, 2.45) is 5.41 Å².